The Morgan fingerprint density at radius 1 is 0.319 bits per heavy atom. The first-order chi connectivity index (χ1) is 44.2. The van der Waals surface area contributed by atoms with Gasteiger partial charge in [-0.15, -0.1) is 0 Å². The van der Waals surface area contributed by atoms with Crippen LogP contribution in [0.25, 0.3) is 0 Å². The van der Waals surface area contributed by atoms with Gasteiger partial charge >= 0.3 is 33.6 Å². The summed E-state index contributed by atoms with van der Waals surface area (Å²) in [5.74, 6) is -1.72. The molecule has 0 radical (unpaired) electrons. The maximum Gasteiger partial charge on any atom is 0.472 e. The van der Waals surface area contributed by atoms with Gasteiger partial charge in [0.15, 0.2) is 6.10 Å². The van der Waals surface area contributed by atoms with Crippen LogP contribution >= 0.6 is 15.6 Å². The van der Waals surface area contributed by atoms with Gasteiger partial charge in [0.1, 0.15) is 25.4 Å². The number of carbonyl (C=O) groups excluding carboxylic acids is 3. The Bertz CT molecular complexity index is 2240. The Morgan fingerprint density at radius 3 is 0.989 bits per heavy atom. The van der Waals surface area contributed by atoms with Gasteiger partial charge in [-0.25, -0.2) is 9.13 Å². The molecule has 0 aliphatic rings. The zero-order valence-corrected chi connectivity index (χ0v) is 57.7. The molecule has 0 heterocycles. The van der Waals surface area contributed by atoms with Gasteiger partial charge in [0.2, 0.25) is 0 Å². The molecule has 91 heavy (non-hydrogen) atoms. The number of aliphatic hydroxyl groups excluding tert-OH is 2. The van der Waals surface area contributed by atoms with E-state index in [-0.39, 0.29) is 19.3 Å². The van der Waals surface area contributed by atoms with Crippen molar-refractivity contribution in [3.63, 3.8) is 0 Å². The second-order valence-electron chi connectivity index (χ2n) is 22.2. The molecule has 0 spiro atoms. The van der Waals surface area contributed by atoms with Gasteiger partial charge in [-0.05, 0) is 135 Å². The van der Waals surface area contributed by atoms with Crippen molar-refractivity contribution in [3.05, 3.63) is 146 Å². The van der Waals surface area contributed by atoms with Crippen LogP contribution in [0.15, 0.2) is 146 Å². The lowest BCUT2D eigenvalue weighted by atomic mass is 10.1. The quantitative estimate of drug-likeness (QED) is 0.0146. The molecule has 518 valence electrons. The number of phosphoric acid groups is 2. The zero-order chi connectivity index (χ0) is 66.7. The van der Waals surface area contributed by atoms with Crippen LogP contribution in [0.5, 0.6) is 0 Å². The Balaban J connectivity index is 4.77. The lowest BCUT2D eigenvalue weighted by Gasteiger charge is -2.21. The van der Waals surface area contributed by atoms with E-state index in [1.165, 1.54) is 44.9 Å². The molecule has 0 amide bonds. The van der Waals surface area contributed by atoms with Crippen molar-refractivity contribution in [3.8, 4) is 0 Å². The molecule has 0 aromatic rings. The van der Waals surface area contributed by atoms with Gasteiger partial charge in [-0.3, -0.25) is 32.5 Å². The van der Waals surface area contributed by atoms with Gasteiger partial charge in [-0.1, -0.05) is 231 Å². The van der Waals surface area contributed by atoms with E-state index in [9.17, 15) is 43.5 Å². The number of unbranched alkanes of at least 4 members (excludes halogenated alkanes) is 16. The van der Waals surface area contributed by atoms with E-state index in [1.54, 1.807) is 0 Å². The molecule has 0 aromatic carbocycles. The molecule has 5 unspecified atom stereocenters. The minimum atomic E-state index is -4.95. The summed E-state index contributed by atoms with van der Waals surface area (Å²) in [6.45, 7) is 2.34. The predicted molar refractivity (Wildman–Crippen MR) is 371 cm³/mol. The van der Waals surface area contributed by atoms with Crippen molar-refractivity contribution < 1.29 is 75.8 Å². The van der Waals surface area contributed by atoms with Crippen LogP contribution < -0.4 is 0 Å². The van der Waals surface area contributed by atoms with E-state index < -0.39 is 91.5 Å². The molecule has 18 heteroatoms. The Morgan fingerprint density at radius 2 is 0.604 bits per heavy atom. The SMILES string of the molecule is CC/C=C\C/C=C\C/C=C\C/C=C\C/C=C\C/C=C\CCC(=O)OCC(COP(=O)(O)OCC(O)COP(=O)(O)OCC(O)COC(=O)CCCCCCC/C=C\C/C=C\C/C=C\C/C=C\CCCCC)OC(=O)CCCCCCC/C=C\C/C=C\CCCCC. The molecule has 0 saturated carbocycles. The Hall–Kier alpha value is -4.57. The van der Waals surface area contributed by atoms with Gasteiger partial charge in [0.05, 0.1) is 26.4 Å². The summed E-state index contributed by atoms with van der Waals surface area (Å²) >= 11 is 0. The van der Waals surface area contributed by atoms with Crippen LogP contribution in [0.2, 0.25) is 0 Å². The van der Waals surface area contributed by atoms with Crippen molar-refractivity contribution in [2.75, 3.05) is 39.6 Å². The molecule has 16 nitrogen and oxygen atoms in total. The van der Waals surface area contributed by atoms with Gasteiger partial charge in [0, 0.05) is 19.3 Å². The van der Waals surface area contributed by atoms with Gasteiger partial charge < -0.3 is 34.2 Å². The standard InChI is InChI=1S/C73H120O16P2/c1-4-7-10-13-16-19-22-25-28-30-32-33-35-37-39-41-44-47-50-53-56-59-71(76)83-62-68(74)63-85-90(79,80)86-64-69(75)65-87-91(81,82)88-67-70(89-73(78)61-58-55-52-49-46-43-38-27-24-21-18-15-12-9-6-3)66-84-72(77)60-57-54-51-48-45-42-40-36-34-31-29-26-23-20-17-14-11-8-5-2/h8,11,16-21,25-29,32-34,36-39,42,45,51,54,68-70,74-75H,4-7,9-10,12-15,22-24,30-31,35,40-41,43-44,46-50,52-53,55-67H2,1-3H3,(H,79,80)(H,81,82)/b11-8-,19-16-,20-17-,21-18-,28-25-,29-26-,33-32-,36-34-,38-27-,39-37-,45-42-,54-51-. The molecular formula is C73H120O16P2. The third kappa shape index (κ3) is 66.7. The highest BCUT2D eigenvalue weighted by atomic mass is 31.2. The number of esters is 3. The molecule has 0 saturated heterocycles. The van der Waals surface area contributed by atoms with Crippen LogP contribution in [0.3, 0.4) is 0 Å². The Kier molecular flexibility index (Phi) is 62.2. The highest BCUT2D eigenvalue weighted by molar-refractivity contribution is 7.47. The number of phosphoric ester groups is 2. The van der Waals surface area contributed by atoms with E-state index in [2.05, 4.69) is 148 Å². The smallest absolute Gasteiger partial charge is 0.463 e. The van der Waals surface area contributed by atoms with Gasteiger partial charge in [0.25, 0.3) is 0 Å². The Labute approximate surface area is 549 Å². The summed E-state index contributed by atoms with van der Waals surface area (Å²) in [7, 11) is -9.82. The van der Waals surface area contributed by atoms with E-state index in [1.807, 2.05) is 18.2 Å². The summed E-state index contributed by atoms with van der Waals surface area (Å²) in [6, 6.07) is 0. The topological polar surface area (TPSA) is 231 Å². The number of ether oxygens (including phenoxy) is 3. The van der Waals surface area contributed by atoms with E-state index in [4.69, 9.17) is 32.3 Å². The number of allylic oxidation sites excluding steroid dienone is 24. The average molecular weight is 1320 g/mol. The summed E-state index contributed by atoms with van der Waals surface area (Å²) in [5.41, 5.74) is 0. The molecule has 0 rings (SSSR count). The molecule has 0 aliphatic carbocycles. The molecular weight excluding hydrogens is 1190 g/mol. The van der Waals surface area contributed by atoms with Crippen molar-refractivity contribution in [2.45, 2.75) is 257 Å². The van der Waals surface area contributed by atoms with Crippen LogP contribution in [0, 0.1) is 0 Å². The summed E-state index contributed by atoms with van der Waals surface area (Å²) < 4.78 is 60.8. The minimum Gasteiger partial charge on any atom is -0.463 e. The van der Waals surface area contributed by atoms with Crippen LogP contribution in [-0.2, 0) is 55.8 Å². The summed E-state index contributed by atoms with van der Waals surface area (Å²) in [5, 5.41) is 20.5. The number of aliphatic hydroxyl groups is 2. The fourth-order valence-corrected chi connectivity index (χ4v) is 9.90. The number of rotatable bonds is 63. The number of hydrogen-bond donors (Lipinski definition) is 4. The maximum atomic E-state index is 12.9. The second-order valence-corrected chi connectivity index (χ2v) is 25.1. The first-order valence-corrected chi connectivity index (χ1v) is 37.1. The molecule has 0 bridgehead atoms. The second kappa shape index (κ2) is 65.5. The minimum absolute atomic E-state index is 0.0366. The molecule has 0 fully saturated rings. The van der Waals surface area contributed by atoms with Crippen molar-refractivity contribution >= 4 is 33.6 Å². The van der Waals surface area contributed by atoms with Crippen LogP contribution in [0.1, 0.15) is 239 Å². The third-order valence-corrected chi connectivity index (χ3v) is 15.4. The maximum absolute atomic E-state index is 12.9. The van der Waals surface area contributed by atoms with Crippen molar-refractivity contribution in [1.82, 2.24) is 0 Å². The van der Waals surface area contributed by atoms with E-state index in [0.29, 0.717) is 25.7 Å². The lowest BCUT2D eigenvalue weighted by Crippen LogP contribution is -2.30. The normalized spacial score (nSPS) is 15.1. The first-order valence-electron chi connectivity index (χ1n) is 34.1. The molecule has 0 aromatic heterocycles. The first kappa shape index (κ1) is 86.4. The van der Waals surface area contributed by atoms with Crippen LogP contribution in [-0.4, -0.2) is 95.9 Å². The number of carbonyl (C=O) groups is 3. The van der Waals surface area contributed by atoms with Gasteiger partial charge in [-0.2, -0.15) is 0 Å². The molecule has 5 atom stereocenters. The zero-order valence-electron chi connectivity index (χ0n) is 56.0. The molecule has 4 N–H and O–H groups in total. The fraction of sp³-hybridized carbons (Fsp3) is 0.630. The van der Waals surface area contributed by atoms with Crippen molar-refractivity contribution in [1.29, 1.82) is 0 Å². The highest BCUT2D eigenvalue weighted by Crippen LogP contribution is 2.45. The third-order valence-electron chi connectivity index (χ3n) is 13.5. The predicted octanol–water partition coefficient (Wildman–Crippen LogP) is 19.0. The fourth-order valence-electron chi connectivity index (χ4n) is 8.31. The monoisotopic (exact) mass is 1310 g/mol. The number of hydrogen-bond acceptors (Lipinski definition) is 14. The largest absolute Gasteiger partial charge is 0.472 e. The summed E-state index contributed by atoms with van der Waals surface area (Å²) in [6.07, 6.45) is 77.7. The molecule has 0 aliphatic heterocycles. The lowest BCUT2D eigenvalue weighted by molar-refractivity contribution is -0.161. The van der Waals surface area contributed by atoms with Crippen LogP contribution in [0.4, 0.5) is 0 Å². The van der Waals surface area contributed by atoms with E-state index in [0.717, 1.165) is 128 Å². The van der Waals surface area contributed by atoms with E-state index >= 15 is 0 Å². The highest BCUT2D eigenvalue weighted by Gasteiger charge is 2.29. The average Bonchev–Trinajstić information content (AvgIpc) is 3.08. The van der Waals surface area contributed by atoms with Crippen molar-refractivity contribution in [2.24, 2.45) is 0 Å². The summed E-state index contributed by atoms with van der Waals surface area (Å²) in [4.78, 5) is 58.3.